The zero-order valence-electron chi connectivity index (χ0n) is 12.4. The summed E-state index contributed by atoms with van der Waals surface area (Å²) in [5.41, 5.74) is 2.67. The molecule has 110 valence electrons. The van der Waals surface area contributed by atoms with E-state index in [0.29, 0.717) is 0 Å². The summed E-state index contributed by atoms with van der Waals surface area (Å²) >= 11 is 0. The van der Waals surface area contributed by atoms with Gasteiger partial charge in [0.2, 0.25) is 0 Å². The third kappa shape index (κ3) is 4.91. The highest BCUT2D eigenvalue weighted by atomic mass is 16.5. The molecule has 0 heterocycles. The molecule has 1 aliphatic rings. The molecule has 1 saturated carbocycles. The highest BCUT2D eigenvalue weighted by molar-refractivity contribution is 5.31. The maximum absolute atomic E-state index is 5.77. The zero-order chi connectivity index (χ0) is 14.3. The Balaban J connectivity index is 1.40. The first-order valence-electron chi connectivity index (χ1n) is 7.89. The molecule has 3 rings (SSSR count). The Morgan fingerprint density at radius 3 is 2.33 bits per heavy atom. The number of hydrogen-bond donors (Lipinski definition) is 1. The van der Waals surface area contributed by atoms with Gasteiger partial charge in [0.25, 0.3) is 0 Å². The van der Waals surface area contributed by atoms with E-state index in [1.165, 1.54) is 24.0 Å². The van der Waals surface area contributed by atoms with Crippen LogP contribution in [0.4, 0.5) is 0 Å². The first kappa shape index (κ1) is 14.2. The second kappa shape index (κ2) is 7.28. The third-order valence-corrected chi connectivity index (χ3v) is 3.77. The van der Waals surface area contributed by atoms with Crippen molar-refractivity contribution in [2.45, 2.75) is 31.7 Å². The highest BCUT2D eigenvalue weighted by Crippen LogP contribution is 2.18. The summed E-state index contributed by atoms with van der Waals surface area (Å²) in [7, 11) is 0. The number of ether oxygens (including phenoxy) is 1. The predicted octanol–water partition coefficient (Wildman–Crippen LogP) is 3.80. The van der Waals surface area contributed by atoms with Gasteiger partial charge in [-0.3, -0.25) is 0 Å². The van der Waals surface area contributed by atoms with E-state index in [0.717, 1.165) is 37.8 Å². The average Bonchev–Trinajstić information content (AvgIpc) is 3.34. The van der Waals surface area contributed by atoms with E-state index < -0.39 is 0 Å². The van der Waals surface area contributed by atoms with Crippen LogP contribution >= 0.6 is 0 Å². The summed E-state index contributed by atoms with van der Waals surface area (Å²) in [6.45, 7) is 1.86. The van der Waals surface area contributed by atoms with E-state index in [4.69, 9.17) is 4.74 Å². The fourth-order valence-electron chi connectivity index (χ4n) is 2.39. The van der Waals surface area contributed by atoms with Gasteiger partial charge in [-0.15, -0.1) is 0 Å². The van der Waals surface area contributed by atoms with Crippen LogP contribution in [0, 0.1) is 0 Å². The molecule has 0 unspecified atom stereocenters. The number of hydrogen-bond acceptors (Lipinski definition) is 2. The van der Waals surface area contributed by atoms with Gasteiger partial charge in [0.05, 0.1) is 6.61 Å². The van der Waals surface area contributed by atoms with Crippen LogP contribution in [0.5, 0.6) is 5.75 Å². The SMILES string of the molecule is c1ccc(Cc2ccc(OCCCNC3CC3)cc2)cc1. The number of nitrogens with one attached hydrogen (secondary N) is 1. The van der Waals surface area contributed by atoms with Gasteiger partial charge in [0.15, 0.2) is 0 Å². The van der Waals surface area contributed by atoms with E-state index in [2.05, 4.69) is 59.9 Å². The summed E-state index contributed by atoms with van der Waals surface area (Å²) in [5, 5.41) is 3.50. The van der Waals surface area contributed by atoms with E-state index in [-0.39, 0.29) is 0 Å². The molecule has 0 saturated heterocycles. The van der Waals surface area contributed by atoms with Gasteiger partial charge >= 0.3 is 0 Å². The molecule has 2 nitrogen and oxygen atoms in total. The lowest BCUT2D eigenvalue weighted by Gasteiger charge is -2.08. The van der Waals surface area contributed by atoms with Gasteiger partial charge < -0.3 is 10.1 Å². The Morgan fingerprint density at radius 2 is 1.62 bits per heavy atom. The van der Waals surface area contributed by atoms with Crippen LogP contribution in [0.15, 0.2) is 54.6 Å². The molecule has 0 spiro atoms. The Labute approximate surface area is 127 Å². The van der Waals surface area contributed by atoms with Crippen molar-refractivity contribution < 1.29 is 4.74 Å². The normalized spacial score (nSPS) is 14.1. The molecule has 1 fully saturated rings. The Kier molecular flexibility index (Phi) is 4.90. The summed E-state index contributed by atoms with van der Waals surface area (Å²) in [4.78, 5) is 0. The van der Waals surface area contributed by atoms with E-state index in [9.17, 15) is 0 Å². The lowest BCUT2D eigenvalue weighted by molar-refractivity contribution is 0.308. The van der Waals surface area contributed by atoms with Crippen LogP contribution < -0.4 is 10.1 Å². The lowest BCUT2D eigenvalue weighted by Crippen LogP contribution is -2.19. The van der Waals surface area contributed by atoms with E-state index in [1.807, 2.05) is 0 Å². The van der Waals surface area contributed by atoms with E-state index >= 15 is 0 Å². The molecule has 0 bridgehead atoms. The first-order valence-corrected chi connectivity index (χ1v) is 7.89. The van der Waals surface area contributed by atoms with Crippen LogP contribution in [0.3, 0.4) is 0 Å². The molecule has 0 radical (unpaired) electrons. The molecule has 1 N–H and O–H groups in total. The molecule has 2 aromatic rings. The highest BCUT2D eigenvalue weighted by Gasteiger charge is 2.19. The minimum absolute atomic E-state index is 0.789. The van der Waals surface area contributed by atoms with Crippen molar-refractivity contribution in [2.24, 2.45) is 0 Å². The molecule has 0 atom stereocenters. The minimum atomic E-state index is 0.789. The van der Waals surface area contributed by atoms with Gasteiger partial charge in [-0.2, -0.15) is 0 Å². The van der Waals surface area contributed by atoms with Gasteiger partial charge in [-0.05, 0) is 55.5 Å². The van der Waals surface area contributed by atoms with Gasteiger partial charge in [-0.1, -0.05) is 42.5 Å². The van der Waals surface area contributed by atoms with Gasteiger partial charge in [-0.25, -0.2) is 0 Å². The van der Waals surface area contributed by atoms with Crippen molar-refractivity contribution >= 4 is 0 Å². The summed E-state index contributed by atoms with van der Waals surface area (Å²) in [5.74, 6) is 0.971. The van der Waals surface area contributed by atoms with Gasteiger partial charge in [0.1, 0.15) is 5.75 Å². The second-order valence-electron chi connectivity index (χ2n) is 5.74. The maximum atomic E-state index is 5.77. The summed E-state index contributed by atoms with van der Waals surface area (Å²) < 4.78 is 5.77. The van der Waals surface area contributed by atoms with Crippen molar-refractivity contribution in [2.75, 3.05) is 13.2 Å². The van der Waals surface area contributed by atoms with Crippen molar-refractivity contribution in [3.63, 3.8) is 0 Å². The minimum Gasteiger partial charge on any atom is -0.494 e. The molecule has 2 aromatic carbocycles. The van der Waals surface area contributed by atoms with Crippen molar-refractivity contribution in [3.05, 3.63) is 65.7 Å². The first-order chi connectivity index (χ1) is 10.4. The molecule has 0 aliphatic heterocycles. The summed E-state index contributed by atoms with van der Waals surface area (Å²) in [6.07, 6.45) is 4.75. The molecule has 0 amide bonds. The van der Waals surface area contributed by atoms with Crippen LogP contribution in [0.1, 0.15) is 30.4 Å². The molecule has 21 heavy (non-hydrogen) atoms. The van der Waals surface area contributed by atoms with Crippen LogP contribution in [-0.4, -0.2) is 19.2 Å². The molecule has 2 heteroatoms. The Bertz CT molecular complexity index is 531. The molecular weight excluding hydrogens is 258 g/mol. The Morgan fingerprint density at radius 1 is 0.905 bits per heavy atom. The largest absolute Gasteiger partial charge is 0.494 e. The average molecular weight is 281 g/mol. The maximum Gasteiger partial charge on any atom is 0.119 e. The number of benzene rings is 2. The molecular formula is C19H23NO. The fourth-order valence-corrected chi connectivity index (χ4v) is 2.39. The van der Waals surface area contributed by atoms with Crippen molar-refractivity contribution in [1.29, 1.82) is 0 Å². The van der Waals surface area contributed by atoms with Crippen molar-refractivity contribution in [3.8, 4) is 5.75 Å². The van der Waals surface area contributed by atoms with E-state index in [1.54, 1.807) is 0 Å². The van der Waals surface area contributed by atoms with Gasteiger partial charge in [0, 0.05) is 6.04 Å². The number of rotatable bonds is 8. The van der Waals surface area contributed by atoms with Crippen LogP contribution in [0.25, 0.3) is 0 Å². The lowest BCUT2D eigenvalue weighted by atomic mass is 10.1. The molecule has 0 aromatic heterocycles. The monoisotopic (exact) mass is 281 g/mol. The second-order valence-corrected chi connectivity index (χ2v) is 5.74. The third-order valence-electron chi connectivity index (χ3n) is 3.77. The quantitative estimate of drug-likeness (QED) is 0.743. The predicted molar refractivity (Wildman–Crippen MR) is 86.8 cm³/mol. The summed E-state index contributed by atoms with van der Waals surface area (Å²) in [6, 6.07) is 19.8. The van der Waals surface area contributed by atoms with Crippen molar-refractivity contribution in [1.82, 2.24) is 5.32 Å². The Hall–Kier alpha value is -1.80. The fraction of sp³-hybridized carbons (Fsp3) is 0.368. The van der Waals surface area contributed by atoms with Crippen LogP contribution in [-0.2, 0) is 6.42 Å². The topological polar surface area (TPSA) is 21.3 Å². The smallest absolute Gasteiger partial charge is 0.119 e. The van der Waals surface area contributed by atoms with Crippen LogP contribution in [0.2, 0.25) is 0 Å². The molecule has 1 aliphatic carbocycles. The zero-order valence-corrected chi connectivity index (χ0v) is 12.4. The standard InChI is InChI=1S/C19H23NO/c1-2-5-16(6-3-1)15-17-7-11-19(12-8-17)21-14-4-13-20-18-9-10-18/h1-3,5-8,11-12,18,20H,4,9-10,13-15H2.